The monoisotopic (exact) mass is 552 g/mol. The van der Waals surface area contributed by atoms with Crippen LogP contribution < -0.4 is 20.9 Å². The molecule has 0 bridgehead atoms. The molecule has 1 fully saturated rings. The van der Waals surface area contributed by atoms with Crippen LogP contribution in [0.3, 0.4) is 0 Å². The second-order valence-electron chi connectivity index (χ2n) is 7.53. The number of guanidine groups is 1. The van der Waals surface area contributed by atoms with Gasteiger partial charge in [-0.3, -0.25) is 4.99 Å². The van der Waals surface area contributed by atoms with E-state index in [0.717, 1.165) is 31.7 Å². The fourth-order valence-corrected chi connectivity index (χ4v) is 3.63. The predicted octanol–water partition coefficient (Wildman–Crippen LogP) is 3.26. The lowest BCUT2D eigenvalue weighted by atomic mass is 10.0. The molecule has 1 aromatic heterocycles. The van der Waals surface area contributed by atoms with E-state index < -0.39 is 0 Å². The zero-order valence-electron chi connectivity index (χ0n) is 18.2. The summed E-state index contributed by atoms with van der Waals surface area (Å²) >= 11 is 6.27. The number of aliphatic imine (C=N–C) groups is 1. The number of nitrogens with zero attached hydrogens (tertiary/aromatic N) is 3. The lowest BCUT2D eigenvalue weighted by Crippen LogP contribution is -2.50. The number of ether oxygens (including phenoxy) is 1. The molecule has 0 saturated carbocycles. The Kier molecular flexibility index (Phi) is 12.2. The van der Waals surface area contributed by atoms with E-state index in [9.17, 15) is 4.79 Å². The number of alkyl carbamates (subject to hydrolysis) is 1. The molecule has 1 aliphatic heterocycles. The Morgan fingerprint density at radius 1 is 1.47 bits per heavy atom. The van der Waals surface area contributed by atoms with Crippen molar-refractivity contribution in [1.82, 2.24) is 20.9 Å². The van der Waals surface area contributed by atoms with E-state index in [1.165, 1.54) is 0 Å². The number of carbonyl (C=O) groups excluding carboxylic acids is 1. The fraction of sp³-hybridized carbons (Fsp3) is 0.650. The number of nitrogens with one attached hydrogen (secondary N) is 3. The van der Waals surface area contributed by atoms with Crippen molar-refractivity contribution >= 4 is 53.4 Å². The van der Waals surface area contributed by atoms with Gasteiger partial charge in [0.1, 0.15) is 5.82 Å². The number of rotatable bonds is 8. The first-order valence-electron chi connectivity index (χ1n) is 10.2. The second kappa shape index (κ2) is 13.7. The molecule has 2 heterocycles. The summed E-state index contributed by atoms with van der Waals surface area (Å²) in [5.74, 6) is 1.98. The van der Waals surface area contributed by atoms with Crippen molar-refractivity contribution in [1.29, 1.82) is 0 Å². The highest BCUT2D eigenvalue weighted by Gasteiger charge is 2.25. The van der Waals surface area contributed by atoms with Crippen LogP contribution in [0, 0.1) is 5.92 Å². The van der Waals surface area contributed by atoms with Crippen LogP contribution in [0.1, 0.15) is 33.6 Å². The molecule has 0 aromatic carbocycles. The number of carbonyl (C=O) groups is 1. The van der Waals surface area contributed by atoms with Gasteiger partial charge >= 0.3 is 6.09 Å². The first-order chi connectivity index (χ1) is 13.9. The third kappa shape index (κ3) is 8.71. The van der Waals surface area contributed by atoms with Gasteiger partial charge in [0.25, 0.3) is 0 Å². The Hall–Kier alpha value is -1.49. The van der Waals surface area contributed by atoms with E-state index in [1.807, 2.05) is 12.1 Å². The minimum Gasteiger partial charge on any atom is -0.450 e. The molecule has 2 atom stereocenters. The molecular formula is C20H34ClIN6O2. The normalized spacial score (nSPS) is 17.3. The Morgan fingerprint density at radius 3 is 2.87 bits per heavy atom. The van der Waals surface area contributed by atoms with Gasteiger partial charge in [-0.25, -0.2) is 9.78 Å². The zero-order chi connectivity index (χ0) is 21.2. The van der Waals surface area contributed by atoms with Crippen molar-refractivity contribution in [3.8, 4) is 0 Å². The Balaban J connectivity index is 0.00000450. The van der Waals surface area contributed by atoms with Gasteiger partial charge in [-0.2, -0.15) is 0 Å². The average Bonchev–Trinajstić information content (AvgIpc) is 3.13. The molecule has 2 rings (SSSR count). The SMILES string of the molecule is CCOC(=O)NC(CNC(=NC)NC1CCN(c2ncccc2Cl)C1)CC(C)C.I. The van der Waals surface area contributed by atoms with E-state index in [4.69, 9.17) is 16.3 Å². The first-order valence-corrected chi connectivity index (χ1v) is 10.6. The highest BCUT2D eigenvalue weighted by molar-refractivity contribution is 14.0. The maximum atomic E-state index is 11.8. The molecule has 8 nitrogen and oxygen atoms in total. The zero-order valence-corrected chi connectivity index (χ0v) is 21.2. The molecule has 10 heteroatoms. The molecule has 0 radical (unpaired) electrons. The van der Waals surface area contributed by atoms with E-state index in [1.54, 1.807) is 20.2 Å². The number of anilines is 1. The highest BCUT2D eigenvalue weighted by Crippen LogP contribution is 2.25. The molecule has 1 amide bonds. The number of amides is 1. The summed E-state index contributed by atoms with van der Waals surface area (Å²) in [5, 5.41) is 10.4. The number of aromatic nitrogens is 1. The maximum absolute atomic E-state index is 11.8. The van der Waals surface area contributed by atoms with Crippen LogP contribution in [0.25, 0.3) is 0 Å². The van der Waals surface area contributed by atoms with Crippen molar-refractivity contribution in [3.05, 3.63) is 23.4 Å². The lowest BCUT2D eigenvalue weighted by Gasteiger charge is -2.23. The summed E-state index contributed by atoms with van der Waals surface area (Å²) in [7, 11) is 1.74. The van der Waals surface area contributed by atoms with Crippen LogP contribution in [-0.2, 0) is 4.74 Å². The molecule has 1 aromatic rings. The molecule has 1 aliphatic rings. The van der Waals surface area contributed by atoms with Crippen LogP contribution in [-0.4, -0.2) is 62.4 Å². The number of hydrogen-bond acceptors (Lipinski definition) is 5. The smallest absolute Gasteiger partial charge is 0.407 e. The van der Waals surface area contributed by atoms with Crippen molar-refractivity contribution in [2.75, 3.05) is 38.2 Å². The van der Waals surface area contributed by atoms with Gasteiger partial charge < -0.3 is 25.6 Å². The van der Waals surface area contributed by atoms with Crippen molar-refractivity contribution in [3.63, 3.8) is 0 Å². The summed E-state index contributed by atoms with van der Waals surface area (Å²) in [6, 6.07) is 3.89. The van der Waals surface area contributed by atoms with E-state index in [2.05, 4.69) is 44.7 Å². The largest absolute Gasteiger partial charge is 0.450 e. The third-order valence-electron chi connectivity index (χ3n) is 4.66. The van der Waals surface area contributed by atoms with Gasteiger partial charge in [-0.15, -0.1) is 24.0 Å². The summed E-state index contributed by atoms with van der Waals surface area (Å²) in [6.07, 6.45) is 3.18. The van der Waals surface area contributed by atoms with Gasteiger partial charge in [-0.05, 0) is 37.8 Å². The molecule has 170 valence electrons. The quantitative estimate of drug-likeness (QED) is 0.261. The Bertz CT molecular complexity index is 691. The number of hydrogen-bond donors (Lipinski definition) is 3. The molecule has 1 saturated heterocycles. The van der Waals surface area contributed by atoms with Crippen molar-refractivity contribution in [2.24, 2.45) is 10.9 Å². The molecule has 2 unspecified atom stereocenters. The second-order valence-corrected chi connectivity index (χ2v) is 7.94. The predicted molar refractivity (Wildman–Crippen MR) is 133 cm³/mol. The fourth-order valence-electron chi connectivity index (χ4n) is 3.39. The Morgan fingerprint density at radius 2 is 2.23 bits per heavy atom. The van der Waals surface area contributed by atoms with Gasteiger partial charge in [0.15, 0.2) is 5.96 Å². The molecule has 0 spiro atoms. The minimum atomic E-state index is -0.387. The number of pyridine rings is 1. The number of halogens is 2. The van der Waals surface area contributed by atoms with E-state index >= 15 is 0 Å². The minimum absolute atomic E-state index is 0. The van der Waals surface area contributed by atoms with Gasteiger partial charge in [-0.1, -0.05) is 25.4 Å². The van der Waals surface area contributed by atoms with E-state index in [-0.39, 0.29) is 42.2 Å². The first kappa shape index (κ1) is 26.5. The third-order valence-corrected chi connectivity index (χ3v) is 4.96. The van der Waals surface area contributed by atoms with Gasteiger partial charge in [0.2, 0.25) is 0 Å². The van der Waals surface area contributed by atoms with Crippen molar-refractivity contribution < 1.29 is 9.53 Å². The van der Waals surface area contributed by atoms with E-state index in [0.29, 0.717) is 30.1 Å². The molecule has 3 N–H and O–H groups in total. The molecule has 30 heavy (non-hydrogen) atoms. The summed E-state index contributed by atoms with van der Waals surface area (Å²) < 4.78 is 5.01. The average molecular weight is 553 g/mol. The lowest BCUT2D eigenvalue weighted by molar-refractivity contribution is 0.146. The van der Waals surface area contributed by atoms with Gasteiger partial charge in [0, 0.05) is 45.0 Å². The van der Waals surface area contributed by atoms with Crippen LogP contribution in [0.5, 0.6) is 0 Å². The topological polar surface area (TPSA) is 90.9 Å². The summed E-state index contributed by atoms with van der Waals surface area (Å²) in [4.78, 5) is 22.7. The molecular weight excluding hydrogens is 519 g/mol. The van der Waals surface area contributed by atoms with Crippen LogP contribution in [0.2, 0.25) is 5.02 Å². The Labute approximate surface area is 201 Å². The maximum Gasteiger partial charge on any atom is 0.407 e. The van der Waals surface area contributed by atoms with Crippen LogP contribution >= 0.6 is 35.6 Å². The van der Waals surface area contributed by atoms with Crippen molar-refractivity contribution in [2.45, 2.75) is 45.7 Å². The van der Waals surface area contributed by atoms with Gasteiger partial charge in [0.05, 0.1) is 11.6 Å². The summed E-state index contributed by atoms with van der Waals surface area (Å²) in [5.41, 5.74) is 0. The van der Waals surface area contributed by atoms with Crippen LogP contribution in [0.15, 0.2) is 23.3 Å². The summed E-state index contributed by atoms with van der Waals surface area (Å²) in [6.45, 7) is 8.66. The van der Waals surface area contributed by atoms with Crippen LogP contribution in [0.4, 0.5) is 10.6 Å². The molecule has 0 aliphatic carbocycles. The highest BCUT2D eigenvalue weighted by atomic mass is 127. The standard InChI is InChI=1S/C20H33ClN6O2.HI/c1-5-29-20(28)26-16(11-14(2)3)12-24-19(22-4)25-15-8-10-27(13-15)18-17(21)7-6-9-23-18;/h6-7,9,14-16H,5,8,10-13H2,1-4H3,(H,26,28)(H2,22,24,25);1H.